The Bertz CT molecular complexity index is 855. The van der Waals surface area contributed by atoms with E-state index in [1.165, 1.54) is 16.9 Å². The van der Waals surface area contributed by atoms with E-state index in [1.807, 2.05) is 49.4 Å². The molecule has 0 aliphatic rings. The Morgan fingerprint density at radius 1 is 1.08 bits per heavy atom. The molecule has 5 heteroatoms. The van der Waals surface area contributed by atoms with Crippen molar-refractivity contribution in [2.75, 3.05) is 6.61 Å². The summed E-state index contributed by atoms with van der Waals surface area (Å²) in [5.74, 6) is -0.738. The summed E-state index contributed by atoms with van der Waals surface area (Å²) in [6, 6.07) is 19.7. The summed E-state index contributed by atoms with van der Waals surface area (Å²) in [7, 11) is 0. The fourth-order valence-electron chi connectivity index (χ4n) is 2.70. The van der Waals surface area contributed by atoms with Gasteiger partial charge in [-0.15, -0.1) is 11.3 Å². The first-order valence-corrected chi connectivity index (χ1v) is 9.42. The molecule has 1 amide bonds. The molecule has 0 saturated heterocycles. The molecule has 0 aliphatic heterocycles. The predicted octanol–water partition coefficient (Wildman–Crippen LogP) is 4.20. The highest BCUT2D eigenvalue weighted by atomic mass is 32.1. The topological polar surface area (TPSA) is 55.4 Å². The van der Waals surface area contributed by atoms with Crippen LogP contribution in [0.4, 0.5) is 0 Å². The zero-order valence-electron chi connectivity index (χ0n) is 14.6. The van der Waals surface area contributed by atoms with E-state index in [0.29, 0.717) is 4.88 Å². The fraction of sp³-hybridized carbons (Fsp3) is 0.238. The van der Waals surface area contributed by atoms with Gasteiger partial charge in [-0.05, 0) is 42.8 Å². The molecule has 0 spiro atoms. The molecule has 2 aromatic carbocycles. The highest BCUT2D eigenvalue weighted by Crippen LogP contribution is 2.25. The first-order chi connectivity index (χ1) is 12.6. The number of benzene rings is 2. The molecular weight excluding hydrogens is 346 g/mol. The van der Waals surface area contributed by atoms with E-state index in [1.54, 1.807) is 6.07 Å². The maximum absolute atomic E-state index is 12.1. The molecule has 26 heavy (non-hydrogen) atoms. The van der Waals surface area contributed by atoms with Crippen LogP contribution in [-0.4, -0.2) is 24.5 Å². The van der Waals surface area contributed by atoms with Crippen LogP contribution < -0.4 is 5.32 Å². The third-order valence-electron chi connectivity index (χ3n) is 4.08. The number of thiophene rings is 1. The Kier molecular flexibility index (Phi) is 6.02. The molecule has 1 aromatic heterocycles. The van der Waals surface area contributed by atoms with Gasteiger partial charge in [0.15, 0.2) is 6.61 Å². The summed E-state index contributed by atoms with van der Waals surface area (Å²) in [6.45, 7) is 1.69. The number of ether oxygens (including phenoxy) is 1. The number of aryl methyl sites for hydroxylation is 1. The van der Waals surface area contributed by atoms with E-state index in [0.717, 1.165) is 22.9 Å². The van der Waals surface area contributed by atoms with Crippen molar-refractivity contribution < 1.29 is 14.3 Å². The van der Waals surface area contributed by atoms with Crippen LogP contribution in [0.5, 0.6) is 0 Å². The van der Waals surface area contributed by atoms with Crippen molar-refractivity contribution in [2.24, 2.45) is 0 Å². The summed E-state index contributed by atoms with van der Waals surface area (Å²) in [5.41, 5.74) is 1.24. The quantitative estimate of drug-likeness (QED) is 0.637. The number of carbonyl (C=O) groups excluding carboxylic acids is 2. The van der Waals surface area contributed by atoms with Gasteiger partial charge in [0.25, 0.3) is 5.91 Å². The number of amides is 1. The lowest BCUT2D eigenvalue weighted by molar-refractivity contribution is -0.124. The second-order valence-corrected chi connectivity index (χ2v) is 7.30. The Balaban J connectivity index is 1.43. The Morgan fingerprint density at radius 3 is 2.58 bits per heavy atom. The van der Waals surface area contributed by atoms with Gasteiger partial charge in [-0.2, -0.15) is 0 Å². The molecule has 4 nitrogen and oxygen atoms in total. The van der Waals surface area contributed by atoms with Crippen LogP contribution in [0.3, 0.4) is 0 Å². The van der Waals surface area contributed by atoms with Crippen molar-refractivity contribution in [3.05, 3.63) is 71.1 Å². The maximum Gasteiger partial charge on any atom is 0.348 e. The van der Waals surface area contributed by atoms with Crippen LogP contribution in [0.1, 0.15) is 28.6 Å². The lowest BCUT2D eigenvalue weighted by Gasteiger charge is -2.13. The molecule has 0 unspecified atom stereocenters. The fourth-order valence-corrected chi connectivity index (χ4v) is 3.66. The van der Waals surface area contributed by atoms with Crippen LogP contribution in [0.2, 0.25) is 0 Å². The predicted molar refractivity (Wildman–Crippen MR) is 104 cm³/mol. The van der Waals surface area contributed by atoms with E-state index in [4.69, 9.17) is 4.74 Å². The third kappa shape index (κ3) is 4.92. The van der Waals surface area contributed by atoms with Gasteiger partial charge in [0.05, 0.1) is 0 Å². The highest BCUT2D eigenvalue weighted by molar-refractivity contribution is 7.20. The molecular formula is C21H21NO3S. The average Bonchev–Trinajstić information content (AvgIpc) is 3.09. The van der Waals surface area contributed by atoms with E-state index in [9.17, 15) is 9.59 Å². The van der Waals surface area contributed by atoms with E-state index in [2.05, 4.69) is 17.4 Å². The zero-order valence-corrected chi connectivity index (χ0v) is 15.4. The van der Waals surface area contributed by atoms with Crippen LogP contribution in [0.25, 0.3) is 10.1 Å². The van der Waals surface area contributed by atoms with Crippen molar-refractivity contribution in [1.29, 1.82) is 0 Å². The molecule has 3 rings (SSSR count). The second-order valence-electron chi connectivity index (χ2n) is 6.22. The van der Waals surface area contributed by atoms with Gasteiger partial charge in [0.1, 0.15) is 4.88 Å². The average molecular weight is 367 g/mol. The van der Waals surface area contributed by atoms with Crippen molar-refractivity contribution in [1.82, 2.24) is 5.32 Å². The molecule has 1 atom stereocenters. The van der Waals surface area contributed by atoms with Gasteiger partial charge in [-0.1, -0.05) is 48.5 Å². The van der Waals surface area contributed by atoms with Gasteiger partial charge in [0, 0.05) is 10.7 Å². The lowest BCUT2D eigenvalue weighted by Crippen LogP contribution is -2.36. The Labute approximate surface area is 156 Å². The zero-order chi connectivity index (χ0) is 18.4. The highest BCUT2D eigenvalue weighted by Gasteiger charge is 2.14. The molecule has 0 saturated carbocycles. The molecule has 134 valence electrons. The van der Waals surface area contributed by atoms with Crippen molar-refractivity contribution in [3.8, 4) is 0 Å². The van der Waals surface area contributed by atoms with Gasteiger partial charge >= 0.3 is 5.97 Å². The minimum Gasteiger partial charge on any atom is -0.451 e. The smallest absolute Gasteiger partial charge is 0.348 e. The van der Waals surface area contributed by atoms with Crippen molar-refractivity contribution >= 4 is 33.3 Å². The van der Waals surface area contributed by atoms with E-state index in [-0.39, 0.29) is 18.6 Å². The number of esters is 1. The van der Waals surface area contributed by atoms with Crippen molar-refractivity contribution in [2.45, 2.75) is 25.8 Å². The number of nitrogens with one attached hydrogen (secondary N) is 1. The number of hydrogen-bond donors (Lipinski definition) is 1. The summed E-state index contributed by atoms with van der Waals surface area (Å²) < 4.78 is 6.17. The first-order valence-electron chi connectivity index (χ1n) is 8.61. The first kappa shape index (κ1) is 18.1. The minimum atomic E-state index is -0.460. The molecule has 0 radical (unpaired) electrons. The van der Waals surface area contributed by atoms with E-state index < -0.39 is 5.97 Å². The van der Waals surface area contributed by atoms with Crippen molar-refractivity contribution in [3.63, 3.8) is 0 Å². The molecule has 0 fully saturated rings. The lowest BCUT2D eigenvalue weighted by atomic mass is 10.1. The minimum absolute atomic E-state index is 0.0192. The van der Waals surface area contributed by atoms with Gasteiger partial charge < -0.3 is 10.1 Å². The van der Waals surface area contributed by atoms with Crippen LogP contribution in [0.15, 0.2) is 60.7 Å². The number of hydrogen-bond acceptors (Lipinski definition) is 4. The Hall–Kier alpha value is -2.66. The molecule has 0 bridgehead atoms. The number of carbonyl (C=O) groups is 2. The summed E-state index contributed by atoms with van der Waals surface area (Å²) in [5, 5.41) is 3.87. The van der Waals surface area contributed by atoms with Gasteiger partial charge in [0.2, 0.25) is 0 Å². The maximum atomic E-state index is 12.1. The normalized spacial score (nSPS) is 11.9. The van der Waals surface area contributed by atoms with Gasteiger partial charge in [-0.25, -0.2) is 4.79 Å². The SMILES string of the molecule is C[C@@H](CCc1ccccc1)NC(=O)COC(=O)c1cc2ccccc2s1. The van der Waals surface area contributed by atoms with Crippen LogP contribution in [0, 0.1) is 0 Å². The summed E-state index contributed by atoms with van der Waals surface area (Å²) >= 11 is 1.37. The van der Waals surface area contributed by atoms with Crippen LogP contribution >= 0.6 is 11.3 Å². The monoisotopic (exact) mass is 367 g/mol. The summed E-state index contributed by atoms with van der Waals surface area (Å²) in [4.78, 5) is 24.6. The molecule has 1 heterocycles. The van der Waals surface area contributed by atoms with Gasteiger partial charge in [-0.3, -0.25) is 4.79 Å². The standard InChI is InChI=1S/C21H21NO3S/c1-15(11-12-16-7-3-2-4-8-16)22-20(23)14-25-21(24)19-13-17-9-5-6-10-18(17)26-19/h2-10,13,15H,11-12,14H2,1H3,(H,22,23)/t15-/m0/s1. The Morgan fingerprint density at radius 2 is 1.81 bits per heavy atom. The van der Waals surface area contributed by atoms with Crippen LogP contribution in [-0.2, 0) is 16.0 Å². The molecule has 1 N–H and O–H groups in total. The largest absolute Gasteiger partial charge is 0.451 e. The third-order valence-corrected chi connectivity index (χ3v) is 5.17. The number of fused-ring (bicyclic) bond motifs is 1. The molecule has 0 aliphatic carbocycles. The molecule has 3 aromatic rings. The second kappa shape index (κ2) is 8.63. The number of rotatable bonds is 7. The summed E-state index contributed by atoms with van der Waals surface area (Å²) in [6.07, 6.45) is 1.73. The van der Waals surface area contributed by atoms with E-state index >= 15 is 0 Å².